The second-order valence-corrected chi connectivity index (χ2v) is 7.87. The summed E-state index contributed by atoms with van der Waals surface area (Å²) < 4.78 is 0. The summed E-state index contributed by atoms with van der Waals surface area (Å²) in [6.07, 6.45) is 4.20. The molecule has 0 amide bonds. The van der Waals surface area contributed by atoms with E-state index in [0.717, 1.165) is 25.0 Å². The van der Waals surface area contributed by atoms with Gasteiger partial charge in [-0.2, -0.15) is 0 Å². The molecule has 3 atom stereocenters. The van der Waals surface area contributed by atoms with Gasteiger partial charge in [0.15, 0.2) is 0 Å². The Morgan fingerprint density at radius 2 is 1.54 bits per heavy atom. The van der Waals surface area contributed by atoms with Crippen molar-refractivity contribution in [2.24, 2.45) is 5.92 Å². The lowest BCUT2D eigenvalue weighted by Gasteiger charge is -2.37. The Kier molecular flexibility index (Phi) is 3.50. The maximum atomic E-state index is 2.82. The van der Waals surface area contributed by atoms with Crippen LogP contribution in [0.15, 0.2) is 60.7 Å². The van der Waals surface area contributed by atoms with E-state index in [9.17, 15) is 0 Å². The monoisotopic (exact) mass is 318 g/mol. The van der Waals surface area contributed by atoms with Crippen LogP contribution in [0.3, 0.4) is 0 Å². The third kappa shape index (κ3) is 2.32. The minimum absolute atomic E-state index is 0.447. The maximum absolute atomic E-state index is 2.82. The molecule has 0 unspecified atom stereocenters. The molecule has 0 spiro atoms. The quantitative estimate of drug-likeness (QED) is 0.824. The van der Waals surface area contributed by atoms with Gasteiger partial charge in [-0.15, -0.1) is 0 Å². The van der Waals surface area contributed by atoms with Crippen LogP contribution in [0.2, 0.25) is 0 Å². The largest absolute Gasteiger partial charge is 0.298 e. The average molecular weight is 318 g/mol. The molecule has 24 heavy (non-hydrogen) atoms. The van der Waals surface area contributed by atoms with Crippen molar-refractivity contribution in [3.63, 3.8) is 0 Å². The fourth-order valence-electron chi connectivity index (χ4n) is 5.42. The van der Waals surface area contributed by atoms with E-state index < -0.39 is 0 Å². The molecule has 2 nitrogen and oxygen atoms in total. The van der Waals surface area contributed by atoms with Crippen molar-refractivity contribution in [3.05, 3.63) is 71.8 Å². The second-order valence-electron chi connectivity index (χ2n) is 7.87. The topological polar surface area (TPSA) is 6.48 Å². The summed E-state index contributed by atoms with van der Waals surface area (Å²) in [4.78, 5) is 5.59. The number of nitrogens with zero attached hydrogens (tertiary/aromatic N) is 2. The first-order valence-corrected chi connectivity index (χ1v) is 9.43. The number of piperidine rings is 1. The van der Waals surface area contributed by atoms with Gasteiger partial charge in [0, 0.05) is 31.2 Å². The van der Waals surface area contributed by atoms with E-state index in [1.165, 1.54) is 43.5 Å². The van der Waals surface area contributed by atoms with E-state index in [1.807, 2.05) is 0 Å². The van der Waals surface area contributed by atoms with Crippen LogP contribution in [-0.2, 0) is 13.1 Å². The van der Waals surface area contributed by atoms with Crippen LogP contribution in [0, 0.1) is 5.92 Å². The van der Waals surface area contributed by atoms with Gasteiger partial charge in [0.05, 0.1) is 0 Å². The van der Waals surface area contributed by atoms with E-state index in [1.54, 1.807) is 0 Å². The fraction of sp³-hybridized carbons (Fsp3) is 0.455. The first-order chi connectivity index (χ1) is 11.9. The minimum Gasteiger partial charge on any atom is -0.298 e. The second kappa shape index (κ2) is 5.72. The lowest BCUT2D eigenvalue weighted by atomic mass is 9.99. The Morgan fingerprint density at radius 3 is 2.17 bits per heavy atom. The van der Waals surface area contributed by atoms with Crippen LogP contribution in [0.25, 0.3) is 0 Å². The predicted octanol–water partition coefficient (Wildman–Crippen LogP) is 3.93. The van der Waals surface area contributed by atoms with Gasteiger partial charge in [0.25, 0.3) is 0 Å². The molecule has 1 aliphatic carbocycles. The third-order valence-electron chi connectivity index (χ3n) is 6.54. The van der Waals surface area contributed by atoms with Crippen LogP contribution >= 0.6 is 0 Å². The van der Waals surface area contributed by atoms with E-state index in [-0.39, 0.29) is 0 Å². The Balaban J connectivity index is 1.46. The minimum atomic E-state index is 0.447. The standard InChI is InChI=1S/C22H26N2/c1-3-8-18(9-4-1)15-24(16-19-10-5-2-6-11-19)22-14-20(22)17-23-13-7-12-21(22)23/h1-6,8-11,20-21H,7,12-17H2/t20-,21+,22+/m1/s1. The SMILES string of the molecule is c1ccc(CN(Cc2ccccc2)[C@@]23C[C@@H]2CN2CCC[C@H]23)cc1. The van der Waals surface area contributed by atoms with Crippen molar-refractivity contribution in [3.8, 4) is 0 Å². The molecule has 2 heteroatoms. The smallest absolute Gasteiger partial charge is 0.0416 e. The third-order valence-corrected chi connectivity index (χ3v) is 6.54. The molecule has 3 fully saturated rings. The van der Waals surface area contributed by atoms with Gasteiger partial charge in [-0.05, 0) is 42.9 Å². The van der Waals surface area contributed by atoms with Crippen LogP contribution in [-0.4, -0.2) is 34.5 Å². The molecule has 2 saturated heterocycles. The summed E-state index contributed by atoms with van der Waals surface area (Å²) in [6.45, 7) is 4.82. The summed E-state index contributed by atoms with van der Waals surface area (Å²) in [5, 5.41) is 0. The highest BCUT2D eigenvalue weighted by Gasteiger charge is 2.68. The van der Waals surface area contributed by atoms with Crippen LogP contribution in [0.5, 0.6) is 0 Å². The molecule has 0 radical (unpaired) electrons. The Morgan fingerprint density at radius 1 is 0.917 bits per heavy atom. The zero-order valence-electron chi connectivity index (χ0n) is 14.3. The molecule has 124 valence electrons. The molecule has 2 aliphatic heterocycles. The molecule has 3 aliphatic rings. The first-order valence-electron chi connectivity index (χ1n) is 9.43. The summed E-state index contributed by atoms with van der Waals surface area (Å²) in [5.41, 5.74) is 3.34. The van der Waals surface area contributed by atoms with Crippen molar-refractivity contribution < 1.29 is 0 Å². The Bertz CT molecular complexity index is 657. The van der Waals surface area contributed by atoms with Gasteiger partial charge in [-0.1, -0.05) is 60.7 Å². The molecule has 1 saturated carbocycles. The molecule has 2 heterocycles. The van der Waals surface area contributed by atoms with Crippen molar-refractivity contribution in [2.75, 3.05) is 13.1 Å². The summed E-state index contributed by atoms with van der Waals surface area (Å²) in [6, 6.07) is 22.9. The molecule has 5 rings (SSSR count). The predicted molar refractivity (Wildman–Crippen MR) is 97.6 cm³/mol. The maximum Gasteiger partial charge on any atom is 0.0416 e. The van der Waals surface area contributed by atoms with Gasteiger partial charge in [-0.25, -0.2) is 0 Å². The van der Waals surface area contributed by atoms with Crippen LogP contribution in [0.1, 0.15) is 30.4 Å². The number of rotatable bonds is 5. The van der Waals surface area contributed by atoms with E-state index >= 15 is 0 Å². The molecule has 0 bridgehead atoms. The zero-order valence-corrected chi connectivity index (χ0v) is 14.3. The normalized spacial score (nSPS) is 31.2. The van der Waals surface area contributed by atoms with E-state index in [4.69, 9.17) is 0 Å². The first kappa shape index (κ1) is 14.7. The summed E-state index contributed by atoms with van der Waals surface area (Å²) in [5.74, 6) is 0.898. The Hall–Kier alpha value is -1.64. The van der Waals surface area contributed by atoms with Gasteiger partial charge in [0.2, 0.25) is 0 Å². The zero-order chi connectivity index (χ0) is 16.0. The highest BCUT2D eigenvalue weighted by molar-refractivity contribution is 5.28. The van der Waals surface area contributed by atoms with Gasteiger partial charge in [0.1, 0.15) is 0 Å². The van der Waals surface area contributed by atoms with E-state index in [2.05, 4.69) is 70.5 Å². The molecule has 2 aromatic rings. The number of hydrogen-bond acceptors (Lipinski definition) is 2. The van der Waals surface area contributed by atoms with Gasteiger partial charge in [-0.3, -0.25) is 9.80 Å². The Labute approximate surface area is 145 Å². The average Bonchev–Trinajstić information content (AvgIpc) is 2.99. The molecule has 2 aromatic carbocycles. The van der Waals surface area contributed by atoms with Crippen LogP contribution < -0.4 is 0 Å². The van der Waals surface area contributed by atoms with Crippen molar-refractivity contribution in [1.29, 1.82) is 0 Å². The van der Waals surface area contributed by atoms with Crippen molar-refractivity contribution >= 4 is 0 Å². The van der Waals surface area contributed by atoms with Gasteiger partial charge >= 0.3 is 0 Å². The lowest BCUT2D eigenvalue weighted by molar-refractivity contribution is 0.104. The highest BCUT2D eigenvalue weighted by Crippen LogP contribution is 2.60. The molecule has 0 N–H and O–H groups in total. The summed E-state index contributed by atoms with van der Waals surface area (Å²) in [7, 11) is 0. The van der Waals surface area contributed by atoms with Gasteiger partial charge < -0.3 is 0 Å². The number of hydrogen-bond donors (Lipinski definition) is 0. The molecule has 0 aromatic heterocycles. The van der Waals surface area contributed by atoms with Crippen molar-refractivity contribution in [1.82, 2.24) is 9.80 Å². The van der Waals surface area contributed by atoms with Crippen molar-refractivity contribution in [2.45, 2.75) is 43.9 Å². The fourth-order valence-corrected chi connectivity index (χ4v) is 5.42. The molecular weight excluding hydrogens is 292 g/mol. The number of benzene rings is 2. The highest BCUT2D eigenvalue weighted by atomic mass is 15.4. The van der Waals surface area contributed by atoms with Crippen LogP contribution in [0.4, 0.5) is 0 Å². The number of fused-ring (bicyclic) bond motifs is 3. The van der Waals surface area contributed by atoms with E-state index in [0.29, 0.717) is 5.54 Å². The summed E-state index contributed by atoms with van der Waals surface area (Å²) >= 11 is 0. The lowest BCUT2D eigenvalue weighted by Crippen LogP contribution is -2.47. The molecular formula is C22H26N2.